The number of rotatable bonds is 3. The molecule has 1 unspecified atom stereocenters. The van der Waals surface area contributed by atoms with Crippen LogP contribution >= 0.6 is 0 Å². The van der Waals surface area contributed by atoms with Crippen molar-refractivity contribution in [1.82, 2.24) is 0 Å². The van der Waals surface area contributed by atoms with Crippen LogP contribution in [0.15, 0.2) is 78.9 Å². The van der Waals surface area contributed by atoms with Crippen molar-refractivity contribution < 1.29 is 29.4 Å². The Morgan fingerprint density at radius 2 is 1.24 bits per heavy atom. The van der Waals surface area contributed by atoms with Crippen LogP contribution in [-0.2, 0) is 18.4 Å². The van der Waals surface area contributed by atoms with Crippen molar-refractivity contribution in [1.29, 1.82) is 0 Å². The van der Waals surface area contributed by atoms with Gasteiger partial charge in [0.1, 0.15) is 0 Å². The van der Waals surface area contributed by atoms with E-state index in [9.17, 15) is 26.3 Å². The Morgan fingerprint density at radius 1 is 0.706 bits per heavy atom. The SMILES string of the molecule is CC(C)(C)c1cc[c]([Sb+]2([CH2]c3ccccc3)[O]C(C(F)(F)F)(C(F)(F)F)c3cccc[c]32)cc1. The molecule has 3 aromatic carbocycles. The van der Waals surface area contributed by atoms with E-state index in [1.165, 1.54) is 18.2 Å². The predicted octanol–water partition coefficient (Wildman–Crippen LogP) is 6.18. The number of hydrogen-bond donors (Lipinski definition) is 0. The molecule has 0 fully saturated rings. The van der Waals surface area contributed by atoms with Gasteiger partial charge in [0.05, 0.1) is 0 Å². The number of alkyl halides is 6. The van der Waals surface area contributed by atoms with Crippen molar-refractivity contribution in [2.75, 3.05) is 0 Å². The molecule has 0 radical (unpaired) electrons. The molecule has 0 bridgehead atoms. The fourth-order valence-electron chi connectivity index (χ4n) is 4.43. The minimum atomic E-state index is -5.68. The Labute approximate surface area is 199 Å². The number of benzene rings is 3. The predicted molar refractivity (Wildman–Crippen MR) is 122 cm³/mol. The molecule has 1 aliphatic rings. The topological polar surface area (TPSA) is 9.23 Å². The Balaban J connectivity index is 2.03. The van der Waals surface area contributed by atoms with Crippen molar-refractivity contribution >= 4 is 26.2 Å². The van der Waals surface area contributed by atoms with Gasteiger partial charge in [-0.05, 0) is 0 Å². The molecule has 0 saturated heterocycles. The van der Waals surface area contributed by atoms with E-state index < -0.39 is 42.7 Å². The van der Waals surface area contributed by atoms with E-state index in [2.05, 4.69) is 0 Å². The summed E-state index contributed by atoms with van der Waals surface area (Å²) in [5, 5.41) is 0. The van der Waals surface area contributed by atoms with E-state index in [1.54, 1.807) is 54.6 Å². The van der Waals surface area contributed by atoms with E-state index in [-0.39, 0.29) is 13.3 Å². The molecule has 1 nitrogen and oxygen atoms in total. The van der Waals surface area contributed by atoms with E-state index in [4.69, 9.17) is 3.02 Å². The first-order valence-corrected chi connectivity index (χ1v) is 16.1. The van der Waals surface area contributed by atoms with E-state index in [1.807, 2.05) is 20.8 Å². The first kappa shape index (κ1) is 25.1. The Bertz CT molecular complexity index is 1150. The van der Waals surface area contributed by atoms with E-state index >= 15 is 0 Å². The molecule has 0 aliphatic carbocycles. The van der Waals surface area contributed by atoms with Gasteiger partial charge in [0.15, 0.2) is 0 Å². The normalized spacial score (nSPS) is 20.3. The first-order chi connectivity index (χ1) is 15.7. The molecule has 0 amide bonds. The zero-order valence-electron chi connectivity index (χ0n) is 18.8. The summed E-state index contributed by atoms with van der Waals surface area (Å²) in [5.41, 5.74) is -3.85. The monoisotopic (exact) mass is 587 g/mol. The van der Waals surface area contributed by atoms with Gasteiger partial charge < -0.3 is 0 Å². The van der Waals surface area contributed by atoms with Crippen LogP contribution in [0.1, 0.15) is 37.5 Å². The van der Waals surface area contributed by atoms with Crippen LogP contribution in [0.2, 0.25) is 0 Å². The summed E-state index contributed by atoms with van der Waals surface area (Å²) >= 11 is -4.95. The van der Waals surface area contributed by atoms with Crippen LogP contribution in [0.3, 0.4) is 0 Å². The number of halogens is 6. The van der Waals surface area contributed by atoms with E-state index in [0.29, 0.717) is 9.07 Å². The average Bonchev–Trinajstić information content (AvgIpc) is 3.07. The molecular formula is C26H24F6OSb+. The van der Waals surface area contributed by atoms with Crippen LogP contribution in [0.5, 0.6) is 0 Å². The first-order valence-electron chi connectivity index (χ1n) is 10.7. The summed E-state index contributed by atoms with van der Waals surface area (Å²) in [7, 11) is 0. The van der Waals surface area contributed by atoms with Gasteiger partial charge >= 0.3 is 200 Å². The molecular weight excluding hydrogens is 564 g/mol. The van der Waals surface area contributed by atoms with Crippen LogP contribution in [0.4, 0.5) is 26.3 Å². The fraction of sp³-hybridized carbons (Fsp3) is 0.308. The minimum absolute atomic E-state index is 0.000766. The van der Waals surface area contributed by atoms with Crippen LogP contribution in [-0.4, -0.2) is 31.6 Å². The van der Waals surface area contributed by atoms with Crippen LogP contribution in [0.25, 0.3) is 0 Å². The number of fused-ring (bicyclic) bond motifs is 1. The maximum absolute atomic E-state index is 14.4. The molecule has 3 aromatic rings. The molecule has 1 aliphatic heterocycles. The summed E-state index contributed by atoms with van der Waals surface area (Å²) < 4.78 is 92.5. The van der Waals surface area contributed by atoms with Crippen LogP contribution < -0.4 is 7.02 Å². The van der Waals surface area contributed by atoms with Gasteiger partial charge in [-0.3, -0.25) is 0 Å². The summed E-state index contributed by atoms with van der Waals surface area (Å²) in [4.78, 5) is 0. The second-order valence-corrected chi connectivity index (χ2v) is 18.0. The molecule has 0 spiro atoms. The molecule has 0 saturated carbocycles. The molecule has 0 N–H and O–H groups in total. The molecule has 1 atom stereocenters. The summed E-state index contributed by atoms with van der Waals surface area (Å²) in [6.07, 6.45) is -11.4. The van der Waals surface area contributed by atoms with Crippen molar-refractivity contribution in [3.8, 4) is 0 Å². The zero-order chi connectivity index (χ0) is 25.0. The molecule has 4 rings (SSSR count). The molecule has 34 heavy (non-hydrogen) atoms. The van der Waals surface area contributed by atoms with Crippen LogP contribution in [0, 0.1) is 0 Å². The molecule has 1 heterocycles. The quantitative estimate of drug-likeness (QED) is 0.263. The summed E-state index contributed by atoms with van der Waals surface area (Å²) in [6, 6.07) is 20.5. The average molecular weight is 588 g/mol. The van der Waals surface area contributed by atoms with Crippen molar-refractivity contribution in [2.24, 2.45) is 0 Å². The van der Waals surface area contributed by atoms with Gasteiger partial charge in [0.2, 0.25) is 0 Å². The standard InChI is InChI=1S/C10H13.C9H4F6O.C7H7.Sb/c1-10(2,3)9-7-5-4-6-8-9;10-8(11,12)7(16,9(13,14)15)6-4-2-1-3-5-6;1-7-5-3-2-4-6-7;/h5-8H,1-3H3;1-4H;2-6H,1H2;/q;-1;;+2. The Morgan fingerprint density at radius 3 is 1.76 bits per heavy atom. The summed E-state index contributed by atoms with van der Waals surface area (Å²) in [6.45, 7) is 5.97. The van der Waals surface area contributed by atoms with Gasteiger partial charge in [0.25, 0.3) is 0 Å². The van der Waals surface area contributed by atoms with Crippen molar-refractivity contribution in [3.05, 3.63) is 95.6 Å². The second kappa shape index (κ2) is 8.30. The third-order valence-electron chi connectivity index (χ3n) is 6.16. The van der Waals surface area contributed by atoms with Gasteiger partial charge in [-0.2, -0.15) is 0 Å². The second-order valence-electron chi connectivity index (χ2n) is 9.47. The molecule has 0 aromatic heterocycles. The van der Waals surface area contributed by atoms with Gasteiger partial charge in [-0.1, -0.05) is 0 Å². The molecule has 180 valence electrons. The van der Waals surface area contributed by atoms with Gasteiger partial charge in [-0.15, -0.1) is 0 Å². The maximum atomic E-state index is 14.4. The van der Waals surface area contributed by atoms with E-state index in [0.717, 1.165) is 11.6 Å². The third-order valence-corrected chi connectivity index (χ3v) is 16.7. The van der Waals surface area contributed by atoms with Gasteiger partial charge in [-0.25, -0.2) is 0 Å². The van der Waals surface area contributed by atoms with Crippen molar-refractivity contribution in [2.45, 2.75) is 48.5 Å². The Kier molecular flexibility index (Phi) is 6.14. The zero-order valence-corrected chi connectivity index (χ0v) is 21.4. The third kappa shape index (κ3) is 3.95. The Hall–Kier alpha value is -1.98. The summed E-state index contributed by atoms with van der Waals surface area (Å²) in [5.74, 6) is 0. The van der Waals surface area contributed by atoms with Crippen molar-refractivity contribution in [3.63, 3.8) is 0 Å². The fourth-order valence-corrected chi connectivity index (χ4v) is 15.8. The van der Waals surface area contributed by atoms with Gasteiger partial charge in [0, 0.05) is 0 Å². The number of hydrogen-bond acceptors (Lipinski definition) is 1. The molecule has 8 heteroatoms.